The SMILES string of the molecule is CC1=C(C(F)(F)F)C(N)=C(F)C(C(C)C)C1. The van der Waals surface area contributed by atoms with Crippen LogP contribution in [-0.4, -0.2) is 6.18 Å². The summed E-state index contributed by atoms with van der Waals surface area (Å²) in [5.41, 5.74) is 3.63. The molecular weight excluding hydrogens is 222 g/mol. The average Bonchev–Trinajstić information content (AvgIpc) is 2.08. The maximum absolute atomic E-state index is 13.7. The lowest BCUT2D eigenvalue weighted by Crippen LogP contribution is -2.28. The van der Waals surface area contributed by atoms with Gasteiger partial charge in [0, 0.05) is 5.92 Å². The first-order valence-electron chi connectivity index (χ1n) is 5.08. The Bertz CT molecular complexity index is 349. The van der Waals surface area contributed by atoms with E-state index in [9.17, 15) is 17.6 Å². The topological polar surface area (TPSA) is 26.0 Å². The zero-order chi connectivity index (χ0) is 12.7. The van der Waals surface area contributed by atoms with Crippen LogP contribution in [0.25, 0.3) is 0 Å². The standard InChI is InChI=1S/C11H15F4N/c1-5(2)7-4-6(3)8(11(13,14)15)10(16)9(7)12/h5,7H,4,16H2,1-3H3. The molecule has 0 spiro atoms. The number of allylic oxidation sites excluding steroid dienone is 3. The predicted molar refractivity (Wildman–Crippen MR) is 54.0 cm³/mol. The van der Waals surface area contributed by atoms with Gasteiger partial charge in [0.15, 0.2) is 0 Å². The fourth-order valence-corrected chi connectivity index (χ4v) is 1.99. The highest BCUT2D eigenvalue weighted by atomic mass is 19.4. The third-order valence-corrected chi connectivity index (χ3v) is 2.89. The van der Waals surface area contributed by atoms with Crippen molar-refractivity contribution in [3.05, 3.63) is 22.7 Å². The van der Waals surface area contributed by atoms with Gasteiger partial charge in [-0.25, -0.2) is 4.39 Å². The van der Waals surface area contributed by atoms with Crippen molar-refractivity contribution < 1.29 is 17.6 Å². The van der Waals surface area contributed by atoms with E-state index < -0.39 is 29.2 Å². The smallest absolute Gasteiger partial charge is 0.396 e. The van der Waals surface area contributed by atoms with Gasteiger partial charge in [0.1, 0.15) is 5.83 Å². The summed E-state index contributed by atoms with van der Waals surface area (Å²) in [5, 5.41) is 0. The molecule has 0 aromatic rings. The molecule has 0 radical (unpaired) electrons. The summed E-state index contributed by atoms with van der Waals surface area (Å²) in [6.07, 6.45) is -4.49. The summed E-state index contributed by atoms with van der Waals surface area (Å²) in [6.45, 7) is 4.89. The second-order valence-electron chi connectivity index (χ2n) is 4.47. The van der Waals surface area contributed by atoms with Crippen LogP contribution in [0.3, 0.4) is 0 Å². The molecule has 1 rings (SSSR count). The lowest BCUT2D eigenvalue weighted by Gasteiger charge is -2.28. The van der Waals surface area contributed by atoms with E-state index in [0.717, 1.165) is 0 Å². The molecule has 16 heavy (non-hydrogen) atoms. The van der Waals surface area contributed by atoms with Crippen LogP contribution in [0.2, 0.25) is 0 Å². The van der Waals surface area contributed by atoms with Gasteiger partial charge in [-0.05, 0) is 19.3 Å². The van der Waals surface area contributed by atoms with Gasteiger partial charge >= 0.3 is 6.18 Å². The zero-order valence-electron chi connectivity index (χ0n) is 9.45. The van der Waals surface area contributed by atoms with E-state index in [4.69, 9.17) is 5.73 Å². The van der Waals surface area contributed by atoms with Crippen LogP contribution in [0.15, 0.2) is 22.7 Å². The summed E-state index contributed by atoms with van der Waals surface area (Å²) in [4.78, 5) is 0. The van der Waals surface area contributed by atoms with Crippen molar-refractivity contribution in [2.24, 2.45) is 17.6 Å². The van der Waals surface area contributed by atoms with Gasteiger partial charge in [0.25, 0.3) is 0 Å². The van der Waals surface area contributed by atoms with Crippen LogP contribution in [-0.2, 0) is 0 Å². The molecule has 0 heterocycles. The quantitative estimate of drug-likeness (QED) is 0.692. The molecule has 5 heteroatoms. The summed E-state index contributed by atoms with van der Waals surface area (Å²) in [5.74, 6) is -1.43. The average molecular weight is 237 g/mol. The Labute approximate surface area is 92.0 Å². The molecule has 92 valence electrons. The van der Waals surface area contributed by atoms with Gasteiger partial charge in [-0.1, -0.05) is 19.4 Å². The summed E-state index contributed by atoms with van der Waals surface area (Å²) in [6, 6.07) is 0. The predicted octanol–water partition coefficient (Wildman–Crippen LogP) is 3.68. The maximum Gasteiger partial charge on any atom is 0.418 e. The molecule has 0 bridgehead atoms. The lowest BCUT2D eigenvalue weighted by molar-refractivity contribution is -0.0912. The monoisotopic (exact) mass is 237 g/mol. The second kappa shape index (κ2) is 4.11. The minimum Gasteiger partial charge on any atom is -0.396 e. The molecule has 0 aliphatic heterocycles. The lowest BCUT2D eigenvalue weighted by atomic mass is 9.81. The summed E-state index contributed by atoms with van der Waals surface area (Å²) in [7, 11) is 0. The van der Waals surface area contributed by atoms with Crippen LogP contribution < -0.4 is 5.73 Å². The Morgan fingerprint density at radius 2 is 1.81 bits per heavy atom. The number of hydrogen-bond acceptors (Lipinski definition) is 1. The summed E-state index contributed by atoms with van der Waals surface area (Å²) < 4.78 is 51.5. The number of hydrogen-bond donors (Lipinski definition) is 1. The van der Waals surface area contributed by atoms with Crippen LogP contribution in [0.4, 0.5) is 17.6 Å². The van der Waals surface area contributed by atoms with Crippen molar-refractivity contribution in [1.29, 1.82) is 0 Å². The Balaban J connectivity index is 3.22. The molecule has 0 fully saturated rings. The number of alkyl halides is 3. The molecule has 1 unspecified atom stereocenters. The van der Waals surface area contributed by atoms with Gasteiger partial charge in [-0.15, -0.1) is 0 Å². The van der Waals surface area contributed by atoms with Gasteiger partial charge in [0.2, 0.25) is 0 Å². The molecular formula is C11H15F4N. The van der Waals surface area contributed by atoms with Crippen molar-refractivity contribution in [3.8, 4) is 0 Å². The summed E-state index contributed by atoms with van der Waals surface area (Å²) >= 11 is 0. The first-order chi connectivity index (χ1) is 7.16. The van der Waals surface area contributed by atoms with Crippen molar-refractivity contribution in [1.82, 2.24) is 0 Å². The van der Waals surface area contributed by atoms with Crippen molar-refractivity contribution in [2.75, 3.05) is 0 Å². The number of nitrogens with two attached hydrogens (primary N) is 1. The van der Waals surface area contributed by atoms with Crippen LogP contribution in [0, 0.1) is 11.8 Å². The van der Waals surface area contributed by atoms with E-state index >= 15 is 0 Å². The van der Waals surface area contributed by atoms with E-state index in [1.807, 2.05) is 0 Å². The highest BCUT2D eigenvalue weighted by molar-refractivity contribution is 5.42. The third-order valence-electron chi connectivity index (χ3n) is 2.89. The van der Waals surface area contributed by atoms with Crippen molar-refractivity contribution in [2.45, 2.75) is 33.4 Å². The third kappa shape index (κ3) is 2.23. The van der Waals surface area contributed by atoms with Crippen LogP contribution in [0.1, 0.15) is 27.2 Å². The van der Waals surface area contributed by atoms with Crippen molar-refractivity contribution in [3.63, 3.8) is 0 Å². The highest BCUT2D eigenvalue weighted by Crippen LogP contribution is 2.43. The van der Waals surface area contributed by atoms with Crippen molar-refractivity contribution >= 4 is 0 Å². The zero-order valence-corrected chi connectivity index (χ0v) is 9.45. The minimum atomic E-state index is -4.58. The molecule has 1 atom stereocenters. The van der Waals surface area contributed by atoms with E-state index in [1.54, 1.807) is 13.8 Å². The van der Waals surface area contributed by atoms with E-state index in [-0.39, 0.29) is 17.9 Å². The first-order valence-corrected chi connectivity index (χ1v) is 5.08. The van der Waals surface area contributed by atoms with Gasteiger partial charge < -0.3 is 5.73 Å². The maximum atomic E-state index is 13.7. The van der Waals surface area contributed by atoms with E-state index in [0.29, 0.717) is 0 Å². The van der Waals surface area contributed by atoms with Crippen LogP contribution in [0.5, 0.6) is 0 Å². The first kappa shape index (κ1) is 13.1. The highest BCUT2D eigenvalue weighted by Gasteiger charge is 2.42. The fraction of sp³-hybridized carbons (Fsp3) is 0.636. The largest absolute Gasteiger partial charge is 0.418 e. The molecule has 1 nitrogen and oxygen atoms in total. The molecule has 0 saturated heterocycles. The molecule has 1 aliphatic rings. The Kier molecular flexibility index (Phi) is 3.35. The van der Waals surface area contributed by atoms with Gasteiger partial charge in [-0.2, -0.15) is 13.2 Å². The molecule has 0 aromatic carbocycles. The molecule has 2 N–H and O–H groups in total. The second-order valence-corrected chi connectivity index (χ2v) is 4.47. The molecule has 0 amide bonds. The molecule has 0 saturated carbocycles. The Hall–Kier alpha value is -1.00. The number of rotatable bonds is 1. The van der Waals surface area contributed by atoms with Gasteiger partial charge in [-0.3, -0.25) is 0 Å². The normalized spacial score (nSPS) is 23.4. The Morgan fingerprint density at radius 3 is 2.19 bits per heavy atom. The van der Waals surface area contributed by atoms with E-state index in [1.165, 1.54) is 6.92 Å². The van der Waals surface area contributed by atoms with E-state index in [2.05, 4.69) is 0 Å². The fourth-order valence-electron chi connectivity index (χ4n) is 1.99. The minimum absolute atomic E-state index is 0.0664. The van der Waals surface area contributed by atoms with Gasteiger partial charge in [0.05, 0.1) is 11.3 Å². The molecule has 1 aliphatic carbocycles. The van der Waals surface area contributed by atoms with Crippen LogP contribution >= 0.6 is 0 Å². The molecule has 0 aromatic heterocycles. The Morgan fingerprint density at radius 1 is 1.31 bits per heavy atom. The number of halogens is 4.